The summed E-state index contributed by atoms with van der Waals surface area (Å²) in [5.41, 5.74) is 3.72. The summed E-state index contributed by atoms with van der Waals surface area (Å²) in [6.07, 6.45) is 7.11. The van der Waals surface area contributed by atoms with Crippen molar-refractivity contribution in [3.05, 3.63) is 132 Å². The summed E-state index contributed by atoms with van der Waals surface area (Å²) in [5, 5.41) is 44.5. The van der Waals surface area contributed by atoms with E-state index in [4.69, 9.17) is 0 Å². The number of hydrogen-bond acceptors (Lipinski definition) is 6. The average Bonchev–Trinajstić information content (AvgIpc) is 2.97. The molecule has 0 amide bonds. The van der Waals surface area contributed by atoms with Gasteiger partial charge in [-0.3, -0.25) is 0 Å². The van der Waals surface area contributed by atoms with Gasteiger partial charge in [0.05, 0.1) is 22.4 Å². The number of phenols is 2. The molecule has 2 N–H and O–H groups in total. The summed E-state index contributed by atoms with van der Waals surface area (Å²) in [7, 11) is 0. The van der Waals surface area contributed by atoms with Crippen LogP contribution in [0.1, 0.15) is 22.5 Å². The number of aromatic hydroxyl groups is 2. The Balaban J connectivity index is 0.000000184. The molecular formula is C34H24CuN2O4. The summed E-state index contributed by atoms with van der Waals surface area (Å²) in [5.74, 6) is 0.267. The van der Waals surface area contributed by atoms with Gasteiger partial charge in [-0.2, -0.15) is 0 Å². The van der Waals surface area contributed by atoms with Crippen LogP contribution in [0.3, 0.4) is 0 Å². The molecule has 6 aromatic rings. The smallest absolute Gasteiger partial charge is 0.871 e. The number of pyridine rings is 2. The van der Waals surface area contributed by atoms with Gasteiger partial charge in [0, 0.05) is 11.1 Å². The normalized spacial score (nSPS) is 10.9. The second kappa shape index (κ2) is 13.3. The Bertz CT molecular complexity index is 1730. The summed E-state index contributed by atoms with van der Waals surface area (Å²) in [6.45, 7) is 0. The van der Waals surface area contributed by atoms with Crippen molar-refractivity contribution in [2.45, 2.75) is 0 Å². The SMILES string of the molecule is [Cu+2].[O-]c1cccc2ccc(/C=C/c3ccccc3O)nc12.[O-]c1cccc2ccc(/C=C/c3ccccc3O)nc12. The van der Waals surface area contributed by atoms with Crippen LogP contribution in [0.4, 0.5) is 0 Å². The molecule has 1 radical (unpaired) electrons. The minimum absolute atomic E-state index is 0. The van der Waals surface area contributed by atoms with E-state index in [-0.39, 0.29) is 40.1 Å². The Morgan fingerprint density at radius 1 is 0.463 bits per heavy atom. The standard InChI is InChI=1S/2C17H13NO2.Cu/c2*19-15-6-2-1-4-12(15)8-10-14-11-9-13-5-3-7-16(20)17(13)18-14;/h2*1-11,19-20H;/q;;+2/p-2/b2*10-8+;. The molecular weight excluding hydrogens is 564 g/mol. The van der Waals surface area contributed by atoms with E-state index >= 15 is 0 Å². The van der Waals surface area contributed by atoms with Crippen molar-refractivity contribution >= 4 is 46.1 Å². The molecule has 0 spiro atoms. The number of para-hydroxylation sites is 4. The first-order chi connectivity index (χ1) is 19.5. The van der Waals surface area contributed by atoms with E-state index in [1.807, 2.05) is 60.7 Å². The van der Waals surface area contributed by atoms with Gasteiger partial charge >= 0.3 is 17.1 Å². The Hall–Kier alpha value is -5.10. The molecule has 0 aliphatic carbocycles. The molecule has 0 fully saturated rings. The fourth-order valence-corrected chi connectivity index (χ4v) is 4.06. The number of rotatable bonds is 4. The maximum absolute atomic E-state index is 11.7. The van der Waals surface area contributed by atoms with Crippen LogP contribution in [-0.4, -0.2) is 20.2 Å². The monoisotopic (exact) mass is 587 g/mol. The molecule has 0 unspecified atom stereocenters. The first kappa shape index (κ1) is 28.9. The zero-order chi connectivity index (χ0) is 27.9. The van der Waals surface area contributed by atoms with Gasteiger partial charge in [0.1, 0.15) is 11.5 Å². The zero-order valence-corrected chi connectivity index (χ0v) is 22.6. The van der Waals surface area contributed by atoms with Crippen LogP contribution in [0.2, 0.25) is 0 Å². The van der Waals surface area contributed by atoms with Crippen LogP contribution in [0.15, 0.2) is 109 Å². The number of hydrogen-bond donors (Lipinski definition) is 2. The fraction of sp³-hybridized carbons (Fsp3) is 0. The van der Waals surface area contributed by atoms with Crippen molar-refractivity contribution in [3.63, 3.8) is 0 Å². The molecule has 2 aromatic heterocycles. The topological polar surface area (TPSA) is 112 Å². The van der Waals surface area contributed by atoms with E-state index < -0.39 is 0 Å². The minimum atomic E-state index is -0.0830. The predicted molar refractivity (Wildman–Crippen MR) is 156 cm³/mol. The maximum Gasteiger partial charge on any atom is 2.00 e. The number of fused-ring (bicyclic) bond motifs is 2. The van der Waals surface area contributed by atoms with E-state index in [9.17, 15) is 20.4 Å². The summed E-state index contributed by atoms with van der Waals surface area (Å²) < 4.78 is 0. The van der Waals surface area contributed by atoms with Crippen molar-refractivity contribution < 1.29 is 37.5 Å². The third-order valence-electron chi connectivity index (χ3n) is 6.15. The molecule has 205 valence electrons. The average molecular weight is 588 g/mol. The molecule has 2 heterocycles. The Labute approximate surface area is 247 Å². The Kier molecular flexibility index (Phi) is 9.38. The molecule has 6 rings (SSSR count). The van der Waals surface area contributed by atoms with Gasteiger partial charge in [-0.15, -0.1) is 0 Å². The molecule has 0 saturated heterocycles. The first-order valence-corrected chi connectivity index (χ1v) is 12.5. The van der Waals surface area contributed by atoms with Crippen molar-refractivity contribution in [2.24, 2.45) is 0 Å². The number of benzene rings is 4. The molecule has 0 bridgehead atoms. The molecule has 41 heavy (non-hydrogen) atoms. The second-order valence-corrected chi connectivity index (χ2v) is 8.91. The van der Waals surface area contributed by atoms with Crippen LogP contribution in [-0.2, 0) is 17.1 Å². The van der Waals surface area contributed by atoms with E-state index in [0.717, 1.165) is 10.8 Å². The van der Waals surface area contributed by atoms with Gasteiger partial charge in [0.25, 0.3) is 0 Å². The van der Waals surface area contributed by atoms with Crippen LogP contribution in [0, 0.1) is 0 Å². The number of nitrogens with zero attached hydrogens (tertiary/aromatic N) is 2. The van der Waals surface area contributed by atoms with Crippen molar-refractivity contribution in [2.75, 3.05) is 0 Å². The third-order valence-corrected chi connectivity index (χ3v) is 6.15. The van der Waals surface area contributed by atoms with Crippen LogP contribution < -0.4 is 10.2 Å². The maximum atomic E-state index is 11.7. The van der Waals surface area contributed by atoms with E-state index in [1.54, 1.807) is 60.7 Å². The second-order valence-electron chi connectivity index (χ2n) is 8.91. The van der Waals surface area contributed by atoms with Gasteiger partial charge in [-0.05, 0) is 59.3 Å². The zero-order valence-electron chi connectivity index (χ0n) is 21.6. The molecule has 0 aliphatic heterocycles. The van der Waals surface area contributed by atoms with Crippen molar-refractivity contribution in [1.82, 2.24) is 9.97 Å². The first-order valence-electron chi connectivity index (χ1n) is 12.5. The van der Waals surface area contributed by atoms with Crippen LogP contribution in [0.25, 0.3) is 46.1 Å². The Morgan fingerprint density at radius 2 is 0.878 bits per heavy atom. The van der Waals surface area contributed by atoms with Gasteiger partial charge in [0.2, 0.25) is 0 Å². The third kappa shape index (κ3) is 7.11. The molecule has 0 atom stereocenters. The fourth-order valence-electron chi connectivity index (χ4n) is 4.06. The molecule has 0 aliphatic rings. The summed E-state index contributed by atoms with van der Waals surface area (Å²) in [4.78, 5) is 8.68. The minimum Gasteiger partial charge on any atom is -0.871 e. The largest absolute Gasteiger partial charge is 2.00 e. The molecule has 0 saturated carbocycles. The van der Waals surface area contributed by atoms with Crippen molar-refractivity contribution in [3.8, 4) is 23.0 Å². The number of aromatic nitrogens is 2. The van der Waals surface area contributed by atoms with Crippen LogP contribution in [0.5, 0.6) is 23.0 Å². The molecule has 6 nitrogen and oxygen atoms in total. The predicted octanol–water partition coefficient (Wildman–Crippen LogP) is 6.37. The molecule has 7 heteroatoms. The van der Waals surface area contributed by atoms with Gasteiger partial charge in [-0.1, -0.05) is 96.4 Å². The van der Waals surface area contributed by atoms with E-state index in [0.29, 0.717) is 33.5 Å². The van der Waals surface area contributed by atoms with Gasteiger partial charge in [-0.25, -0.2) is 9.97 Å². The van der Waals surface area contributed by atoms with E-state index in [1.165, 1.54) is 12.1 Å². The van der Waals surface area contributed by atoms with Crippen molar-refractivity contribution in [1.29, 1.82) is 0 Å². The van der Waals surface area contributed by atoms with Crippen LogP contribution >= 0.6 is 0 Å². The quantitative estimate of drug-likeness (QED) is 0.232. The Morgan fingerprint density at radius 3 is 1.29 bits per heavy atom. The number of phenolic OH excluding ortho intramolecular Hbond substituents is 2. The van der Waals surface area contributed by atoms with E-state index in [2.05, 4.69) is 9.97 Å². The summed E-state index contributed by atoms with van der Waals surface area (Å²) >= 11 is 0. The molecule has 4 aromatic carbocycles. The summed E-state index contributed by atoms with van der Waals surface area (Å²) in [6, 6.07) is 31.7. The van der Waals surface area contributed by atoms with Gasteiger partial charge in [0.15, 0.2) is 0 Å². The van der Waals surface area contributed by atoms with Gasteiger partial charge < -0.3 is 20.4 Å².